The van der Waals surface area contributed by atoms with E-state index in [1.165, 1.54) is 18.4 Å². The van der Waals surface area contributed by atoms with Crippen LogP contribution in [0.4, 0.5) is 0 Å². The number of amidine groups is 1. The van der Waals surface area contributed by atoms with Gasteiger partial charge in [0.25, 0.3) is 0 Å². The Morgan fingerprint density at radius 2 is 2.00 bits per heavy atom. The molecule has 1 aliphatic rings. The zero-order chi connectivity index (χ0) is 15.4. The van der Waals surface area contributed by atoms with Crippen molar-refractivity contribution in [2.45, 2.75) is 47.0 Å². The summed E-state index contributed by atoms with van der Waals surface area (Å²) in [4.78, 5) is 3.80. The van der Waals surface area contributed by atoms with E-state index in [0.717, 1.165) is 6.42 Å². The van der Waals surface area contributed by atoms with E-state index in [0.29, 0.717) is 11.5 Å². The standard InChI is InChI=1S/C15H21N3.C2H6.U/c1-3-5-13(12-7-8-12)11-14(6-4-2)15(17)18-10-9-16;1-2;/h4-6,11-12H,3,7-9,16H2,1-2H3;1-2H3;/q-2;;+2/b6-4-,13-5-,14-11+;;. The van der Waals surface area contributed by atoms with Crippen LogP contribution in [-0.4, -0.2) is 18.6 Å². The first-order valence-electron chi connectivity index (χ1n) is 7.47. The van der Waals surface area contributed by atoms with Gasteiger partial charge in [-0.25, -0.2) is 5.84 Å². The van der Waals surface area contributed by atoms with Crippen molar-refractivity contribution in [3.05, 3.63) is 40.9 Å². The number of allylic oxidation sites excluding steroid dienone is 4. The van der Waals surface area contributed by atoms with Crippen LogP contribution in [-0.2, 0) is 0 Å². The number of nitrogens with zero attached hydrogens (tertiary/aromatic N) is 2. The van der Waals surface area contributed by atoms with Crippen LogP contribution in [0.2, 0.25) is 0 Å². The monoisotopic (exact) mass is 511 g/mol. The van der Waals surface area contributed by atoms with E-state index in [2.05, 4.69) is 24.2 Å². The van der Waals surface area contributed by atoms with E-state index in [4.69, 9.17) is 5.73 Å². The first-order chi connectivity index (χ1) is 9.72. The van der Waals surface area contributed by atoms with Crippen molar-refractivity contribution in [3.8, 4) is 0 Å². The number of rotatable bonds is 6. The van der Waals surface area contributed by atoms with E-state index in [9.17, 15) is 5.41 Å². The molecule has 2 N–H and O–H groups in total. The topological polar surface area (TPSA) is 60.7 Å². The fraction of sp³-hybridized carbons (Fsp3) is 0.529. The van der Waals surface area contributed by atoms with Gasteiger partial charge >= 0.3 is 31.1 Å². The molecule has 4 heteroatoms. The number of hydrogen-bond acceptors (Lipinski definition) is 1. The second-order valence-electron chi connectivity index (χ2n) is 4.28. The first kappa shape index (κ1) is 22.8. The van der Waals surface area contributed by atoms with Crippen molar-refractivity contribution in [3.63, 3.8) is 0 Å². The van der Waals surface area contributed by atoms with Gasteiger partial charge in [-0.15, -0.1) is 5.57 Å². The van der Waals surface area contributed by atoms with Crippen molar-refractivity contribution in [2.24, 2.45) is 16.6 Å². The average Bonchev–Trinajstić information content (AvgIpc) is 3.30. The normalized spacial score (nSPS) is 15.7. The Hall–Kier alpha value is -0.428. The van der Waals surface area contributed by atoms with E-state index < -0.39 is 0 Å². The minimum Gasteiger partial charge on any atom is -0.640 e. The molecule has 0 bridgehead atoms. The van der Waals surface area contributed by atoms with Gasteiger partial charge in [0.05, 0.1) is 0 Å². The Balaban J connectivity index is 0. The molecule has 1 aliphatic carbocycles. The number of nitrogens with two attached hydrogens (primary N) is 1. The summed E-state index contributed by atoms with van der Waals surface area (Å²) in [6.07, 6.45) is 14.0. The minimum absolute atomic E-state index is 0. The molecule has 1 rings (SSSR count). The molecule has 0 amide bonds. The molecule has 0 aromatic heterocycles. The van der Waals surface area contributed by atoms with E-state index in [1.54, 1.807) is 0 Å². The Labute approximate surface area is 153 Å². The molecule has 1 fully saturated rings. The molecule has 21 heavy (non-hydrogen) atoms. The van der Waals surface area contributed by atoms with E-state index in [-0.39, 0.29) is 43.5 Å². The molecule has 3 nitrogen and oxygen atoms in total. The molecular weight excluding hydrogens is 484 g/mol. The van der Waals surface area contributed by atoms with Crippen LogP contribution in [0.5, 0.6) is 0 Å². The van der Waals surface area contributed by atoms with Gasteiger partial charge in [-0.1, -0.05) is 51.6 Å². The van der Waals surface area contributed by atoms with Gasteiger partial charge in [0.1, 0.15) is 0 Å². The second kappa shape index (κ2) is 14.5. The van der Waals surface area contributed by atoms with Gasteiger partial charge in [-0.3, -0.25) is 6.21 Å². The SMILES string of the molecule is CC.C\C=C/C(=C\C(=C\CC)C1CC1)C(=[N-])N=[C-]CN.[U+2]. The van der Waals surface area contributed by atoms with Gasteiger partial charge in [-0.2, -0.15) is 0 Å². The summed E-state index contributed by atoms with van der Waals surface area (Å²) in [5.74, 6) is 0.627. The average molecular weight is 511 g/mol. The van der Waals surface area contributed by atoms with Crippen molar-refractivity contribution in [1.82, 2.24) is 0 Å². The van der Waals surface area contributed by atoms with Crippen molar-refractivity contribution >= 4 is 12.1 Å². The first-order valence-corrected chi connectivity index (χ1v) is 7.47. The Kier molecular flexibility index (Phi) is 15.8. The van der Waals surface area contributed by atoms with Crippen LogP contribution >= 0.6 is 0 Å². The molecule has 0 aliphatic heterocycles. The Morgan fingerprint density at radius 1 is 1.38 bits per heavy atom. The molecule has 0 aromatic carbocycles. The van der Waals surface area contributed by atoms with E-state index >= 15 is 0 Å². The maximum atomic E-state index is 9.88. The van der Waals surface area contributed by atoms with Crippen molar-refractivity contribution in [2.75, 3.05) is 6.54 Å². The molecule has 0 saturated heterocycles. The molecule has 114 valence electrons. The fourth-order valence-corrected chi connectivity index (χ4v) is 1.73. The summed E-state index contributed by atoms with van der Waals surface area (Å²) in [5, 5.41) is 9.88. The smallest absolute Gasteiger partial charge is 0.640 e. The maximum absolute atomic E-state index is 9.88. The number of aliphatic imine (C=N–C) groups is 1. The zero-order valence-electron chi connectivity index (χ0n) is 13.7. The van der Waals surface area contributed by atoms with Gasteiger partial charge < -0.3 is 16.1 Å². The Morgan fingerprint density at radius 3 is 2.43 bits per heavy atom. The maximum Gasteiger partial charge on any atom is 2.00 e. The molecule has 0 unspecified atom stereocenters. The van der Waals surface area contributed by atoms with Crippen molar-refractivity contribution < 1.29 is 31.1 Å². The van der Waals surface area contributed by atoms with Crippen molar-refractivity contribution in [1.29, 1.82) is 0 Å². The molecule has 0 aromatic rings. The second-order valence-corrected chi connectivity index (χ2v) is 4.28. The summed E-state index contributed by atoms with van der Waals surface area (Å²) < 4.78 is 0. The van der Waals surface area contributed by atoms with Gasteiger partial charge in [0, 0.05) is 0 Å². The Bertz CT molecular complexity index is 402. The summed E-state index contributed by atoms with van der Waals surface area (Å²) in [5.41, 5.74) is 7.28. The predicted molar refractivity (Wildman–Crippen MR) is 90.2 cm³/mol. The molecule has 0 spiro atoms. The fourth-order valence-electron chi connectivity index (χ4n) is 1.73. The molecule has 1 saturated carbocycles. The van der Waals surface area contributed by atoms with Gasteiger partial charge in [-0.05, 0) is 37.7 Å². The van der Waals surface area contributed by atoms with Crippen LogP contribution in [0.1, 0.15) is 47.0 Å². The van der Waals surface area contributed by atoms with Crippen LogP contribution in [0.25, 0.3) is 5.41 Å². The zero-order valence-corrected chi connectivity index (χ0v) is 17.9. The van der Waals surface area contributed by atoms with Crippen LogP contribution in [0.15, 0.2) is 40.4 Å². The summed E-state index contributed by atoms with van der Waals surface area (Å²) >= 11 is 0. The molecule has 0 heterocycles. The molecule has 0 atom stereocenters. The molecular formula is C17H27N3U. The summed E-state index contributed by atoms with van der Waals surface area (Å²) in [6, 6.07) is 0. The van der Waals surface area contributed by atoms with Gasteiger partial charge in [0.15, 0.2) is 0 Å². The minimum atomic E-state index is -0.0267. The largest absolute Gasteiger partial charge is 2.00 e. The van der Waals surface area contributed by atoms with Gasteiger partial charge in [0.2, 0.25) is 0 Å². The summed E-state index contributed by atoms with van der Waals surface area (Å²) in [6.45, 7) is 8.24. The predicted octanol–water partition coefficient (Wildman–Crippen LogP) is 4.14. The van der Waals surface area contributed by atoms with Crippen LogP contribution in [0.3, 0.4) is 0 Å². The third kappa shape index (κ3) is 10.0. The third-order valence-corrected chi connectivity index (χ3v) is 2.69. The van der Waals surface area contributed by atoms with Crippen LogP contribution < -0.4 is 5.73 Å². The summed E-state index contributed by atoms with van der Waals surface area (Å²) in [7, 11) is 0. The quantitative estimate of drug-likeness (QED) is 0.248. The molecule has 0 radical (unpaired) electrons. The third-order valence-electron chi connectivity index (χ3n) is 2.69. The number of hydrogen-bond donors (Lipinski definition) is 1. The van der Waals surface area contributed by atoms with Crippen LogP contribution in [0, 0.1) is 37.0 Å². The van der Waals surface area contributed by atoms with E-state index in [1.807, 2.05) is 39.0 Å².